The summed E-state index contributed by atoms with van der Waals surface area (Å²) in [7, 11) is 1.50. The molecule has 2 N–H and O–H groups in total. The highest BCUT2D eigenvalue weighted by molar-refractivity contribution is 5.92. The van der Waals surface area contributed by atoms with E-state index >= 15 is 0 Å². The van der Waals surface area contributed by atoms with Crippen molar-refractivity contribution in [1.82, 2.24) is 34.3 Å². The number of methoxy groups -OCH3 is 1. The number of hydrogen-bond acceptors (Lipinski definition) is 10. The maximum atomic E-state index is 14.9. The number of furan rings is 1. The summed E-state index contributed by atoms with van der Waals surface area (Å²) < 4.78 is 48.1. The molecule has 4 aromatic heterocycles. The Bertz CT molecular complexity index is 1750. The largest absolute Gasteiger partial charge is 0.488 e. The highest BCUT2D eigenvalue weighted by Crippen LogP contribution is 2.30. The van der Waals surface area contributed by atoms with Crippen LogP contribution in [0.1, 0.15) is 25.8 Å². The highest BCUT2D eigenvalue weighted by atomic mass is 19.1. The maximum absolute atomic E-state index is 14.9. The number of hydrogen-bond donors (Lipinski definition) is 1. The van der Waals surface area contributed by atoms with Crippen molar-refractivity contribution < 1.29 is 27.5 Å². The van der Waals surface area contributed by atoms with Crippen molar-refractivity contribution >= 4 is 34.2 Å². The number of nitrogen functional groups attached to an aromatic ring is 1. The summed E-state index contributed by atoms with van der Waals surface area (Å²) in [6.45, 7) is 3.64. The van der Waals surface area contributed by atoms with Crippen LogP contribution in [-0.2, 0) is 9.53 Å². The third-order valence-electron chi connectivity index (χ3n) is 7.42. The number of piperazine rings is 1. The predicted molar refractivity (Wildman–Crippen MR) is 153 cm³/mol. The Morgan fingerprint density at radius 3 is 2.65 bits per heavy atom. The lowest BCUT2D eigenvalue weighted by atomic mass is 10.1. The standard InChI is InChI=1S/C28H31F2N9O4/c1-3-5-20(38-26-17(16-32-38)25-33-24(22-6-4-11-42-22)35-39(25)28(31)34-26)27(40)37-9-7-36(8-10-37)21-14-19(30)23(15-18(21)29)43-13-12-41-2/h4,6,11,14-16,20H,3,5,7-10,12-13H2,1-2H3,(H2,31,34). The number of nitrogens with zero attached hydrogens (tertiary/aromatic N) is 8. The molecule has 5 aromatic rings. The van der Waals surface area contributed by atoms with Gasteiger partial charge in [0.2, 0.25) is 17.7 Å². The van der Waals surface area contributed by atoms with Gasteiger partial charge in [0, 0.05) is 45.4 Å². The normalized spacial score (nSPS) is 14.6. The van der Waals surface area contributed by atoms with Crippen LogP contribution in [0.15, 0.2) is 41.1 Å². The molecule has 1 aromatic carbocycles. The number of carbonyl (C=O) groups excluding carboxylic acids is 1. The van der Waals surface area contributed by atoms with E-state index < -0.39 is 17.7 Å². The summed E-state index contributed by atoms with van der Waals surface area (Å²) in [4.78, 5) is 26.4. The number of ether oxygens (including phenoxy) is 2. The molecule has 1 saturated heterocycles. The van der Waals surface area contributed by atoms with E-state index in [-0.39, 0.29) is 36.5 Å². The first-order chi connectivity index (χ1) is 20.9. The van der Waals surface area contributed by atoms with Gasteiger partial charge in [-0.15, -0.1) is 5.10 Å². The molecular weight excluding hydrogens is 564 g/mol. The van der Waals surface area contributed by atoms with Gasteiger partial charge in [-0.1, -0.05) is 13.3 Å². The number of anilines is 2. The van der Waals surface area contributed by atoms with Gasteiger partial charge in [-0.25, -0.2) is 18.4 Å². The van der Waals surface area contributed by atoms with Gasteiger partial charge in [0.15, 0.2) is 28.6 Å². The Kier molecular flexibility index (Phi) is 7.80. The van der Waals surface area contributed by atoms with Gasteiger partial charge in [0.25, 0.3) is 0 Å². The molecule has 0 aliphatic carbocycles. The first-order valence-corrected chi connectivity index (χ1v) is 14.0. The van der Waals surface area contributed by atoms with Crippen LogP contribution in [0.2, 0.25) is 0 Å². The Hall–Kier alpha value is -4.79. The van der Waals surface area contributed by atoms with E-state index in [9.17, 15) is 13.6 Å². The molecule has 13 nitrogen and oxygen atoms in total. The van der Waals surface area contributed by atoms with Crippen LogP contribution in [0.4, 0.5) is 20.4 Å². The van der Waals surface area contributed by atoms with Crippen molar-refractivity contribution in [3.8, 4) is 17.3 Å². The van der Waals surface area contributed by atoms with Gasteiger partial charge >= 0.3 is 0 Å². The lowest BCUT2D eigenvalue weighted by Gasteiger charge is -2.37. The second kappa shape index (κ2) is 11.8. The van der Waals surface area contributed by atoms with Gasteiger partial charge in [-0.3, -0.25) is 4.79 Å². The zero-order chi connectivity index (χ0) is 30.1. The summed E-state index contributed by atoms with van der Waals surface area (Å²) >= 11 is 0. The van der Waals surface area contributed by atoms with E-state index in [0.29, 0.717) is 67.3 Å². The number of benzene rings is 1. The summed E-state index contributed by atoms with van der Waals surface area (Å²) in [6, 6.07) is 5.01. The second-order valence-corrected chi connectivity index (χ2v) is 10.1. The molecule has 1 unspecified atom stereocenters. The number of nitrogens with two attached hydrogens (primary N) is 1. The molecule has 43 heavy (non-hydrogen) atoms. The number of amides is 1. The fourth-order valence-electron chi connectivity index (χ4n) is 5.27. The highest BCUT2D eigenvalue weighted by Gasteiger charge is 2.32. The number of aromatic nitrogens is 6. The molecule has 0 saturated carbocycles. The second-order valence-electron chi connectivity index (χ2n) is 10.1. The van der Waals surface area contributed by atoms with Crippen molar-refractivity contribution in [2.75, 3.05) is 57.1 Å². The summed E-state index contributed by atoms with van der Waals surface area (Å²) in [6.07, 6.45) is 4.36. The van der Waals surface area contributed by atoms with E-state index in [2.05, 4.69) is 20.2 Å². The van der Waals surface area contributed by atoms with E-state index in [4.69, 9.17) is 19.6 Å². The molecule has 6 rings (SSSR count). The Balaban J connectivity index is 1.21. The van der Waals surface area contributed by atoms with Crippen LogP contribution in [-0.4, -0.2) is 86.7 Å². The molecule has 0 spiro atoms. The Morgan fingerprint density at radius 1 is 1.12 bits per heavy atom. The molecule has 1 aliphatic rings. The minimum Gasteiger partial charge on any atom is -0.488 e. The number of halogens is 2. The molecule has 1 fully saturated rings. The zero-order valence-corrected chi connectivity index (χ0v) is 23.7. The van der Waals surface area contributed by atoms with Crippen molar-refractivity contribution in [3.05, 3.63) is 48.4 Å². The summed E-state index contributed by atoms with van der Waals surface area (Å²) in [5.41, 5.74) is 7.23. The van der Waals surface area contributed by atoms with Gasteiger partial charge < -0.3 is 29.4 Å². The fraction of sp³-hybridized carbons (Fsp3) is 0.393. The molecule has 1 amide bonds. The molecule has 226 valence electrons. The van der Waals surface area contributed by atoms with Crippen molar-refractivity contribution in [2.24, 2.45) is 0 Å². The molecular formula is C28H31F2N9O4. The van der Waals surface area contributed by atoms with Crippen LogP contribution in [0, 0.1) is 11.6 Å². The van der Waals surface area contributed by atoms with Crippen LogP contribution in [0.25, 0.3) is 28.3 Å². The lowest BCUT2D eigenvalue weighted by Crippen LogP contribution is -2.51. The predicted octanol–water partition coefficient (Wildman–Crippen LogP) is 3.31. The van der Waals surface area contributed by atoms with Gasteiger partial charge in [0.1, 0.15) is 18.5 Å². The van der Waals surface area contributed by atoms with Gasteiger partial charge in [-0.05, 0) is 18.6 Å². The van der Waals surface area contributed by atoms with Crippen LogP contribution < -0.4 is 15.4 Å². The Morgan fingerprint density at radius 2 is 1.93 bits per heavy atom. The van der Waals surface area contributed by atoms with Crippen LogP contribution in [0.3, 0.4) is 0 Å². The zero-order valence-electron chi connectivity index (χ0n) is 23.7. The molecule has 5 heterocycles. The SMILES string of the molecule is CCCC(C(=O)N1CCN(c2cc(F)c(OCCOC)cc2F)CC1)n1ncc2c1nc(N)n1nc(-c3ccco3)nc21. The number of fused-ring (bicyclic) bond motifs is 3. The molecule has 15 heteroatoms. The van der Waals surface area contributed by atoms with Crippen molar-refractivity contribution in [2.45, 2.75) is 25.8 Å². The summed E-state index contributed by atoms with van der Waals surface area (Å²) in [5, 5.41) is 9.54. The minimum atomic E-state index is -0.663. The monoisotopic (exact) mass is 595 g/mol. The topological polar surface area (TPSA) is 142 Å². The van der Waals surface area contributed by atoms with Crippen LogP contribution in [0.5, 0.6) is 5.75 Å². The van der Waals surface area contributed by atoms with Crippen LogP contribution >= 0.6 is 0 Å². The minimum absolute atomic E-state index is 0.0928. The van der Waals surface area contributed by atoms with E-state index in [0.717, 1.165) is 12.1 Å². The molecule has 1 aliphatic heterocycles. The first-order valence-electron chi connectivity index (χ1n) is 14.0. The molecule has 0 radical (unpaired) electrons. The Labute approximate surface area is 244 Å². The van der Waals surface area contributed by atoms with Crippen molar-refractivity contribution in [3.63, 3.8) is 0 Å². The van der Waals surface area contributed by atoms with E-state index in [1.54, 1.807) is 32.8 Å². The quantitative estimate of drug-likeness (QED) is 0.239. The molecule has 0 bridgehead atoms. The van der Waals surface area contributed by atoms with E-state index in [1.165, 1.54) is 17.9 Å². The average molecular weight is 596 g/mol. The average Bonchev–Trinajstić information content (AvgIpc) is 3.78. The van der Waals surface area contributed by atoms with E-state index in [1.807, 2.05) is 6.92 Å². The van der Waals surface area contributed by atoms with Gasteiger partial charge in [0.05, 0.1) is 30.1 Å². The fourth-order valence-corrected chi connectivity index (χ4v) is 5.27. The molecule has 1 atom stereocenters. The lowest BCUT2D eigenvalue weighted by molar-refractivity contribution is -0.135. The number of carbonyl (C=O) groups is 1. The smallest absolute Gasteiger partial charge is 0.247 e. The van der Waals surface area contributed by atoms with Gasteiger partial charge in [-0.2, -0.15) is 14.6 Å². The third-order valence-corrected chi connectivity index (χ3v) is 7.42. The third kappa shape index (κ3) is 5.31. The summed E-state index contributed by atoms with van der Waals surface area (Å²) in [5.74, 6) is -0.647. The van der Waals surface area contributed by atoms with Crippen molar-refractivity contribution in [1.29, 1.82) is 0 Å². The maximum Gasteiger partial charge on any atom is 0.247 e. The first kappa shape index (κ1) is 28.3. The number of rotatable bonds is 10.